The lowest BCUT2D eigenvalue weighted by molar-refractivity contribution is 0.0751. The van der Waals surface area contributed by atoms with Crippen molar-refractivity contribution in [2.24, 2.45) is 0 Å². The maximum atomic E-state index is 12.5. The quantitative estimate of drug-likeness (QED) is 0.868. The van der Waals surface area contributed by atoms with Crippen LogP contribution in [0.15, 0.2) is 18.2 Å². The molecular weight excluding hydrogens is 308 g/mol. The van der Waals surface area contributed by atoms with Gasteiger partial charge in [-0.2, -0.15) is 0 Å². The molecule has 23 heavy (non-hydrogen) atoms. The first kappa shape index (κ1) is 15.9. The molecule has 0 atom stereocenters. The number of thiophene rings is 1. The zero-order valence-corrected chi connectivity index (χ0v) is 14.7. The van der Waals surface area contributed by atoms with Gasteiger partial charge in [0.15, 0.2) is 0 Å². The van der Waals surface area contributed by atoms with Crippen molar-refractivity contribution in [3.63, 3.8) is 0 Å². The van der Waals surface area contributed by atoms with Crippen LogP contribution in [0.2, 0.25) is 0 Å². The smallest absolute Gasteiger partial charge is 0.264 e. The number of aromatic nitrogens is 2. The lowest BCUT2D eigenvalue weighted by atomic mass is 10.2. The molecule has 6 heteroatoms. The SMILES string of the molecule is CCc1nc(C)cc(N2CCN(C(=O)c3ccc(C)s3)CC2)n1. The Bertz CT molecular complexity index is 704. The summed E-state index contributed by atoms with van der Waals surface area (Å²) >= 11 is 1.57. The Hall–Kier alpha value is -1.95. The van der Waals surface area contributed by atoms with Gasteiger partial charge in [-0.15, -0.1) is 11.3 Å². The highest BCUT2D eigenvalue weighted by atomic mass is 32.1. The van der Waals surface area contributed by atoms with E-state index in [-0.39, 0.29) is 5.91 Å². The molecule has 2 aromatic heterocycles. The molecule has 0 N–H and O–H groups in total. The molecule has 3 rings (SSSR count). The van der Waals surface area contributed by atoms with E-state index in [0.717, 1.165) is 54.8 Å². The molecule has 5 nitrogen and oxygen atoms in total. The lowest BCUT2D eigenvalue weighted by Crippen LogP contribution is -2.49. The summed E-state index contributed by atoms with van der Waals surface area (Å²) in [5, 5.41) is 0. The average molecular weight is 330 g/mol. The first-order valence-corrected chi connectivity index (χ1v) is 8.83. The van der Waals surface area contributed by atoms with Crippen LogP contribution in [-0.4, -0.2) is 47.0 Å². The molecule has 2 aromatic rings. The highest BCUT2D eigenvalue weighted by Gasteiger charge is 2.24. The second-order valence-electron chi connectivity index (χ2n) is 5.83. The summed E-state index contributed by atoms with van der Waals surface area (Å²) in [6.45, 7) is 9.20. The van der Waals surface area contributed by atoms with Crippen LogP contribution in [0.3, 0.4) is 0 Å². The molecule has 3 heterocycles. The molecule has 122 valence electrons. The minimum absolute atomic E-state index is 0.149. The Morgan fingerprint density at radius 3 is 2.52 bits per heavy atom. The van der Waals surface area contributed by atoms with Crippen molar-refractivity contribution in [3.05, 3.63) is 39.5 Å². The van der Waals surface area contributed by atoms with Crippen molar-refractivity contribution in [2.75, 3.05) is 31.1 Å². The number of hydrogen-bond acceptors (Lipinski definition) is 5. The Balaban J connectivity index is 1.66. The molecule has 1 aliphatic heterocycles. The standard InChI is InChI=1S/C17H22N4OS/c1-4-15-18-12(2)11-16(19-15)20-7-9-21(10-8-20)17(22)14-6-5-13(3)23-14/h5-6,11H,4,7-10H2,1-3H3. The summed E-state index contributed by atoms with van der Waals surface area (Å²) in [6, 6.07) is 5.96. The molecule has 0 aromatic carbocycles. The van der Waals surface area contributed by atoms with Crippen LogP contribution in [-0.2, 0) is 6.42 Å². The van der Waals surface area contributed by atoms with E-state index in [2.05, 4.69) is 21.8 Å². The zero-order valence-electron chi connectivity index (χ0n) is 13.9. The number of aryl methyl sites for hydroxylation is 3. The van der Waals surface area contributed by atoms with Crippen LogP contribution in [0.1, 0.15) is 33.0 Å². The van der Waals surface area contributed by atoms with Crippen molar-refractivity contribution in [2.45, 2.75) is 27.2 Å². The molecule has 0 saturated carbocycles. The van der Waals surface area contributed by atoms with Crippen LogP contribution in [0, 0.1) is 13.8 Å². The highest BCUT2D eigenvalue weighted by molar-refractivity contribution is 7.13. The molecule has 1 saturated heterocycles. The Morgan fingerprint density at radius 1 is 1.17 bits per heavy atom. The predicted molar refractivity (Wildman–Crippen MR) is 93.3 cm³/mol. The minimum atomic E-state index is 0.149. The molecule has 1 fully saturated rings. The normalized spacial score (nSPS) is 15.1. The van der Waals surface area contributed by atoms with Gasteiger partial charge in [0.1, 0.15) is 11.6 Å². The van der Waals surface area contributed by atoms with E-state index in [1.54, 1.807) is 11.3 Å². The number of amides is 1. The van der Waals surface area contributed by atoms with E-state index in [4.69, 9.17) is 0 Å². The second kappa shape index (κ2) is 6.66. The number of carbonyl (C=O) groups is 1. The van der Waals surface area contributed by atoms with E-state index < -0.39 is 0 Å². The van der Waals surface area contributed by atoms with Crippen LogP contribution in [0.25, 0.3) is 0 Å². The largest absolute Gasteiger partial charge is 0.353 e. The molecule has 0 unspecified atom stereocenters. The highest BCUT2D eigenvalue weighted by Crippen LogP contribution is 2.20. The third-order valence-corrected chi connectivity index (χ3v) is 5.03. The number of hydrogen-bond donors (Lipinski definition) is 0. The minimum Gasteiger partial charge on any atom is -0.353 e. The van der Waals surface area contributed by atoms with Gasteiger partial charge in [-0.05, 0) is 26.0 Å². The van der Waals surface area contributed by atoms with E-state index in [1.165, 1.54) is 4.88 Å². The van der Waals surface area contributed by atoms with Crippen molar-refractivity contribution in [1.29, 1.82) is 0 Å². The first-order chi connectivity index (χ1) is 11.1. The predicted octanol–water partition coefficient (Wildman–Crippen LogP) is 2.68. The topological polar surface area (TPSA) is 49.3 Å². The van der Waals surface area contributed by atoms with Gasteiger partial charge in [0, 0.05) is 49.2 Å². The van der Waals surface area contributed by atoms with Gasteiger partial charge in [-0.3, -0.25) is 4.79 Å². The van der Waals surface area contributed by atoms with Crippen LogP contribution >= 0.6 is 11.3 Å². The van der Waals surface area contributed by atoms with Gasteiger partial charge >= 0.3 is 0 Å². The second-order valence-corrected chi connectivity index (χ2v) is 7.11. The molecule has 0 bridgehead atoms. The molecule has 1 aliphatic rings. The van der Waals surface area contributed by atoms with Gasteiger partial charge in [-0.25, -0.2) is 9.97 Å². The van der Waals surface area contributed by atoms with E-state index >= 15 is 0 Å². The number of piperazine rings is 1. The Kier molecular flexibility index (Phi) is 4.61. The summed E-state index contributed by atoms with van der Waals surface area (Å²) < 4.78 is 0. The monoisotopic (exact) mass is 330 g/mol. The summed E-state index contributed by atoms with van der Waals surface area (Å²) in [5.41, 5.74) is 0.999. The number of carbonyl (C=O) groups excluding carboxylic acids is 1. The third-order valence-electron chi connectivity index (χ3n) is 4.05. The fraction of sp³-hybridized carbons (Fsp3) is 0.471. The fourth-order valence-electron chi connectivity index (χ4n) is 2.78. The van der Waals surface area contributed by atoms with E-state index in [9.17, 15) is 4.79 Å². The Morgan fingerprint density at radius 2 is 1.91 bits per heavy atom. The third kappa shape index (κ3) is 3.52. The lowest BCUT2D eigenvalue weighted by Gasteiger charge is -2.35. The summed E-state index contributed by atoms with van der Waals surface area (Å²) in [5.74, 6) is 2.01. The van der Waals surface area contributed by atoms with Crippen molar-refractivity contribution in [1.82, 2.24) is 14.9 Å². The van der Waals surface area contributed by atoms with Gasteiger partial charge < -0.3 is 9.80 Å². The number of rotatable bonds is 3. The number of anilines is 1. The first-order valence-electron chi connectivity index (χ1n) is 8.02. The Labute approximate surface area is 141 Å². The zero-order chi connectivity index (χ0) is 16.4. The average Bonchev–Trinajstić information content (AvgIpc) is 3.00. The molecule has 0 spiro atoms. The van der Waals surface area contributed by atoms with Crippen LogP contribution in [0.5, 0.6) is 0 Å². The summed E-state index contributed by atoms with van der Waals surface area (Å²) in [6.07, 6.45) is 0.838. The van der Waals surface area contributed by atoms with Gasteiger partial charge in [0.25, 0.3) is 5.91 Å². The van der Waals surface area contributed by atoms with E-state index in [1.807, 2.05) is 36.9 Å². The van der Waals surface area contributed by atoms with Crippen LogP contribution < -0.4 is 4.90 Å². The van der Waals surface area contributed by atoms with Gasteiger partial charge in [0.05, 0.1) is 4.88 Å². The van der Waals surface area contributed by atoms with Crippen molar-refractivity contribution < 1.29 is 4.79 Å². The van der Waals surface area contributed by atoms with Crippen molar-refractivity contribution in [3.8, 4) is 0 Å². The number of nitrogens with zero attached hydrogens (tertiary/aromatic N) is 4. The van der Waals surface area contributed by atoms with E-state index in [0.29, 0.717) is 0 Å². The van der Waals surface area contributed by atoms with Crippen molar-refractivity contribution >= 4 is 23.1 Å². The van der Waals surface area contributed by atoms with Crippen LogP contribution in [0.4, 0.5) is 5.82 Å². The molecule has 0 radical (unpaired) electrons. The molecular formula is C17H22N4OS. The fourth-order valence-corrected chi connectivity index (χ4v) is 3.61. The molecule has 1 amide bonds. The maximum absolute atomic E-state index is 12.5. The summed E-state index contributed by atoms with van der Waals surface area (Å²) in [4.78, 5) is 27.8. The van der Waals surface area contributed by atoms with Gasteiger partial charge in [0.2, 0.25) is 0 Å². The summed E-state index contributed by atoms with van der Waals surface area (Å²) in [7, 11) is 0. The maximum Gasteiger partial charge on any atom is 0.264 e. The molecule has 0 aliphatic carbocycles. The van der Waals surface area contributed by atoms with Gasteiger partial charge in [-0.1, -0.05) is 6.92 Å².